The Morgan fingerprint density at radius 1 is 1.00 bits per heavy atom. The molecule has 1 aliphatic carbocycles. The molecular weight excluding hydrogens is 661 g/mol. The van der Waals surface area contributed by atoms with Crippen LogP contribution in [-0.4, -0.2) is 111 Å². The Hall–Kier alpha value is -2.41. The number of ether oxygens (including phenoxy) is 3. The van der Waals surface area contributed by atoms with Crippen molar-refractivity contribution in [2.75, 3.05) is 26.3 Å². The lowest BCUT2D eigenvalue weighted by Gasteiger charge is -2.61. The number of aliphatic hydroxyl groups excluding tert-OH is 1. The molecule has 1 unspecified atom stereocenters. The highest BCUT2D eigenvalue weighted by Gasteiger charge is 2.75. The van der Waals surface area contributed by atoms with Crippen LogP contribution in [0.25, 0.3) is 0 Å². The molecule has 49 heavy (non-hydrogen) atoms. The average Bonchev–Trinajstić information content (AvgIpc) is 3.09. The van der Waals surface area contributed by atoms with E-state index >= 15 is 0 Å². The predicted octanol–water partition coefficient (Wildman–Crippen LogP) is 5.37. The van der Waals surface area contributed by atoms with Gasteiger partial charge in [0.1, 0.15) is 19.2 Å². The summed E-state index contributed by atoms with van der Waals surface area (Å²) < 4.78 is 25.1. The summed E-state index contributed by atoms with van der Waals surface area (Å²) >= 11 is 0. The second kappa shape index (κ2) is 15.1. The molecule has 278 valence electrons. The first-order valence-electron chi connectivity index (χ1n) is 17.8. The van der Waals surface area contributed by atoms with Crippen molar-refractivity contribution in [1.82, 2.24) is 9.80 Å². The van der Waals surface area contributed by atoms with Gasteiger partial charge in [-0.25, -0.2) is 4.79 Å². The van der Waals surface area contributed by atoms with E-state index in [4.69, 9.17) is 18.6 Å². The molecule has 2 aliphatic heterocycles. The number of aliphatic hydroxyl groups is 1. The zero-order valence-electron chi connectivity index (χ0n) is 32.2. The van der Waals surface area contributed by atoms with Crippen molar-refractivity contribution in [2.24, 2.45) is 17.8 Å². The van der Waals surface area contributed by atoms with Crippen LogP contribution in [0.4, 0.5) is 4.79 Å². The van der Waals surface area contributed by atoms with Gasteiger partial charge in [-0.05, 0) is 64.6 Å². The monoisotopic (exact) mass is 722 g/mol. The Morgan fingerprint density at radius 2 is 1.61 bits per heavy atom. The number of carbonyl (C=O) groups excluding carboxylic acids is 4. The van der Waals surface area contributed by atoms with Crippen LogP contribution in [0.3, 0.4) is 0 Å². The Balaban J connectivity index is 2.41. The minimum Gasteiger partial charge on any atom is -0.455 e. The van der Waals surface area contributed by atoms with Crippen LogP contribution in [0.1, 0.15) is 81.1 Å². The summed E-state index contributed by atoms with van der Waals surface area (Å²) in [7, 11) is -4.33. The summed E-state index contributed by atoms with van der Waals surface area (Å²) in [6.45, 7) is 25.9. The van der Waals surface area contributed by atoms with Gasteiger partial charge >= 0.3 is 18.0 Å². The molecule has 0 spiro atoms. The first-order valence-corrected chi connectivity index (χ1v) is 24.2. The summed E-state index contributed by atoms with van der Waals surface area (Å²) in [5.41, 5.74) is 1.21. The topological polar surface area (TPSA) is 132 Å². The number of piperidine rings is 1. The van der Waals surface area contributed by atoms with Gasteiger partial charge in [-0.2, -0.15) is 0 Å². The van der Waals surface area contributed by atoms with Gasteiger partial charge in [0.05, 0.1) is 6.04 Å². The number of carbonyl (C=O) groups is 4. The van der Waals surface area contributed by atoms with Crippen LogP contribution in [0.2, 0.25) is 37.8 Å². The van der Waals surface area contributed by atoms with Crippen molar-refractivity contribution in [2.45, 2.75) is 148 Å². The summed E-state index contributed by atoms with van der Waals surface area (Å²) in [6.07, 6.45) is -1.08. The number of amides is 2. The van der Waals surface area contributed by atoms with E-state index in [1.807, 2.05) is 20.8 Å². The minimum atomic E-state index is -2.29. The molecule has 0 radical (unpaired) electrons. The predicted molar refractivity (Wildman–Crippen MR) is 193 cm³/mol. The second-order valence-corrected chi connectivity index (χ2v) is 27.1. The lowest BCUT2D eigenvalue weighted by molar-refractivity contribution is -0.199. The number of rotatable bonds is 11. The van der Waals surface area contributed by atoms with Gasteiger partial charge in [-0.15, -0.1) is 5.54 Å². The highest BCUT2D eigenvalue weighted by Crippen LogP contribution is 2.60. The second-order valence-electron chi connectivity index (χ2n) is 17.6. The van der Waals surface area contributed by atoms with Crippen LogP contribution in [0.15, 0.2) is 0 Å². The molecule has 2 heterocycles. The fourth-order valence-electron chi connectivity index (χ4n) is 7.56. The van der Waals surface area contributed by atoms with Crippen LogP contribution in [-0.2, 0) is 33.0 Å². The Labute approximate surface area is 296 Å². The van der Waals surface area contributed by atoms with Gasteiger partial charge in [0.2, 0.25) is 12.0 Å². The first-order chi connectivity index (χ1) is 22.4. The van der Waals surface area contributed by atoms with Gasteiger partial charge in [-0.1, -0.05) is 46.3 Å². The van der Waals surface area contributed by atoms with E-state index in [2.05, 4.69) is 65.0 Å². The molecule has 4 bridgehead atoms. The van der Waals surface area contributed by atoms with Crippen molar-refractivity contribution in [3.8, 4) is 11.5 Å². The Bertz CT molecular complexity index is 1310. The molecule has 2 saturated heterocycles. The summed E-state index contributed by atoms with van der Waals surface area (Å²) in [5.74, 6) is 0.786. The van der Waals surface area contributed by atoms with Crippen LogP contribution >= 0.6 is 0 Å². The number of esters is 2. The van der Waals surface area contributed by atoms with Crippen LogP contribution < -0.4 is 0 Å². The lowest BCUT2D eigenvalue weighted by Crippen LogP contribution is -2.78. The molecule has 0 aromatic carbocycles. The largest absolute Gasteiger partial charge is 0.455 e. The molecule has 3 aliphatic rings. The number of likely N-dealkylation sites (tertiary alicyclic amines) is 2. The molecule has 3 rings (SSSR count). The van der Waals surface area contributed by atoms with Gasteiger partial charge in [0.25, 0.3) is 0 Å². The maximum atomic E-state index is 14.7. The molecule has 13 heteroatoms. The standard InChI is InChI=1S/C36H62N2O9Si2/c1-24(40)45-29(17-21-48(9,10)11)31(46-25(2)41)36-28-16-19-37(33(43)47-34(3,4)5)30(36)26(23-44-49(12,13)35(6,7)8)22-27(28)32(42)38(36)18-14-15-20-39/h26-31,39H,14-16,18-20,22-23H2,1-13H3/t26-,27?,28+,29+,30+,31-,36+/m0/s1. The van der Waals surface area contributed by atoms with E-state index in [9.17, 15) is 24.3 Å². The van der Waals surface area contributed by atoms with Gasteiger partial charge < -0.3 is 33.5 Å². The Morgan fingerprint density at radius 3 is 2.12 bits per heavy atom. The van der Waals surface area contributed by atoms with E-state index in [-0.39, 0.29) is 42.5 Å². The highest BCUT2D eigenvalue weighted by atomic mass is 28.4. The minimum absolute atomic E-state index is 0.0521. The summed E-state index contributed by atoms with van der Waals surface area (Å²) in [5, 5.41) is 9.65. The molecule has 0 aromatic rings. The zero-order valence-corrected chi connectivity index (χ0v) is 34.2. The smallest absolute Gasteiger partial charge is 0.410 e. The number of hydrogen-bond acceptors (Lipinski definition) is 9. The molecule has 1 saturated carbocycles. The fourth-order valence-corrected chi connectivity index (χ4v) is 9.20. The zero-order chi connectivity index (χ0) is 37.3. The normalized spacial score (nSPS) is 26.8. The number of hydrogen-bond donors (Lipinski definition) is 1. The van der Waals surface area contributed by atoms with E-state index in [0.717, 1.165) is 0 Å². The van der Waals surface area contributed by atoms with Crippen LogP contribution in [0, 0.1) is 29.2 Å². The summed E-state index contributed by atoms with van der Waals surface area (Å²) in [4.78, 5) is 58.3. The van der Waals surface area contributed by atoms with E-state index in [0.29, 0.717) is 32.2 Å². The fraction of sp³-hybridized carbons (Fsp3) is 0.833. The third kappa shape index (κ3) is 9.10. The van der Waals surface area contributed by atoms with E-state index < -0.39 is 69.7 Å². The highest BCUT2D eigenvalue weighted by molar-refractivity contribution is 6.83. The van der Waals surface area contributed by atoms with Crippen molar-refractivity contribution >= 4 is 40.3 Å². The summed E-state index contributed by atoms with van der Waals surface area (Å²) in [6, 6.07) is -0.709. The third-order valence-corrected chi connectivity index (χ3v) is 15.8. The van der Waals surface area contributed by atoms with Crippen molar-refractivity contribution < 1.29 is 42.9 Å². The number of nitrogens with zero attached hydrogens (tertiary/aromatic N) is 2. The molecule has 11 nitrogen and oxygen atoms in total. The maximum absolute atomic E-state index is 14.7. The SMILES string of the molecule is CC(=O)O[C@H](C#C[Si](C)(C)C)[C@H](OC(C)=O)[C@@]12[C@@H]3CCN(C(=O)OC(C)(C)C)[C@@H]1[C@H](CO[Si](C)(C)C(C)(C)C)CC3C(=O)N2CCCCO. The van der Waals surface area contributed by atoms with Crippen molar-refractivity contribution in [3.05, 3.63) is 0 Å². The van der Waals surface area contributed by atoms with Crippen LogP contribution in [0.5, 0.6) is 0 Å². The van der Waals surface area contributed by atoms with E-state index in [1.54, 1.807) is 9.80 Å². The number of unbranched alkanes of at least 4 members (excludes halogenated alkanes) is 1. The van der Waals surface area contributed by atoms with Gasteiger partial charge in [0.15, 0.2) is 14.4 Å². The first kappa shape index (κ1) is 41.0. The van der Waals surface area contributed by atoms with Gasteiger partial charge in [0, 0.05) is 57.9 Å². The molecule has 0 aromatic heterocycles. The lowest BCUT2D eigenvalue weighted by atomic mass is 9.57. The molecule has 7 atom stereocenters. The maximum Gasteiger partial charge on any atom is 0.410 e. The molecule has 1 N–H and O–H groups in total. The average molecular weight is 723 g/mol. The quantitative estimate of drug-likeness (QED) is 0.0984. The Kier molecular flexibility index (Phi) is 12.6. The van der Waals surface area contributed by atoms with Gasteiger partial charge in [-0.3, -0.25) is 14.4 Å². The van der Waals surface area contributed by atoms with Crippen molar-refractivity contribution in [3.63, 3.8) is 0 Å². The third-order valence-electron chi connectivity index (χ3n) is 10.4. The molecular formula is C36H62N2O9Si2. The molecule has 2 amide bonds. The van der Waals surface area contributed by atoms with Crippen molar-refractivity contribution in [1.29, 1.82) is 0 Å². The molecule has 3 fully saturated rings. The van der Waals surface area contributed by atoms with E-state index in [1.165, 1.54) is 13.8 Å².